The predicted molar refractivity (Wildman–Crippen MR) is 123 cm³/mol. The van der Waals surface area contributed by atoms with E-state index in [-0.39, 0.29) is 5.78 Å². The Bertz CT molecular complexity index is 387. The number of hydrogen-bond acceptors (Lipinski definition) is 4. The number of carbonyl (C=O) groups is 1. The van der Waals surface area contributed by atoms with Crippen molar-refractivity contribution in [3.05, 3.63) is 49.0 Å². The number of hydrogen-bond donors (Lipinski definition) is 1. The lowest BCUT2D eigenvalue weighted by atomic mass is 10.2. The van der Waals surface area contributed by atoms with Gasteiger partial charge in [-0.1, -0.05) is 60.8 Å². The molecule has 28 heavy (non-hydrogen) atoms. The summed E-state index contributed by atoms with van der Waals surface area (Å²) in [6, 6.07) is 0. The first kappa shape index (κ1) is 37.1. The molecule has 0 heterocycles. The van der Waals surface area contributed by atoms with E-state index in [0.29, 0.717) is 24.5 Å². The molecule has 0 aliphatic rings. The molecule has 0 bridgehead atoms. The molecule has 0 saturated heterocycles. The van der Waals surface area contributed by atoms with E-state index in [2.05, 4.69) is 32.0 Å². The Morgan fingerprint density at radius 3 is 1.75 bits per heavy atom. The smallest absolute Gasteiger partial charge is 0.152 e. The third kappa shape index (κ3) is 39.4. The van der Waals surface area contributed by atoms with Crippen molar-refractivity contribution in [3.8, 4) is 0 Å². The lowest BCUT2D eigenvalue weighted by molar-refractivity contribution is -0.112. The van der Waals surface area contributed by atoms with Gasteiger partial charge in [-0.15, -0.1) is 0 Å². The Morgan fingerprint density at radius 2 is 1.54 bits per heavy atom. The largest absolute Gasteiger partial charge is 0.491 e. The minimum Gasteiger partial charge on any atom is -0.491 e. The van der Waals surface area contributed by atoms with Gasteiger partial charge in [0.15, 0.2) is 5.78 Å². The van der Waals surface area contributed by atoms with Crippen molar-refractivity contribution in [2.45, 2.75) is 61.3 Å². The average Bonchev–Trinajstić information content (AvgIpc) is 2.73. The molecule has 0 aromatic carbocycles. The van der Waals surface area contributed by atoms with Crippen molar-refractivity contribution < 1.29 is 18.7 Å². The van der Waals surface area contributed by atoms with Crippen LogP contribution < -0.4 is 5.32 Å². The highest BCUT2D eigenvalue weighted by Crippen LogP contribution is 2.15. The number of ether oxygens (including phenoxy) is 2. The summed E-state index contributed by atoms with van der Waals surface area (Å²) in [5.74, 6) is -0.0816. The summed E-state index contributed by atoms with van der Waals surface area (Å²) in [7, 11) is 3.55. The standard InChI is InChI=1S/C10H15FO2.C5H13N.C4H6O.2C2H6/c1-5-10(8(2)9(3)11)13-7-6-12-4;1-3-4-5-6-2;1-3-4(2)5;2*1-2/h5H,1,3,6-7H2,2,4H3;6H,3-5H2,1-2H3;3H,1H2,2H3;2*1-2H3/b10-8+;;;;. The maximum Gasteiger partial charge on any atom is 0.152 e. The summed E-state index contributed by atoms with van der Waals surface area (Å²) in [6.07, 6.45) is 5.33. The fraction of sp³-hybridized carbons (Fsp3) is 0.609. The van der Waals surface area contributed by atoms with Crippen LogP contribution in [0.3, 0.4) is 0 Å². The minimum atomic E-state index is -0.507. The first-order chi connectivity index (χ1) is 13.3. The molecule has 0 aromatic heterocycles. The number of rotatable bonds is 10. The van der Waals surface area contributed by atoms with Crippen molar-refractivity contribution in [3.63, 3.8) is 0 Å². The molecule has 0 saturated carbocycles. The monoisotopic (exact) mass is 403 g/mol. The molecular formula is C23H46FNO3. The molecule has 4 nitrogen and oxygen atoms in total. The molecule has 0 fully saturated rings. The fourth-order valence-corrected chi connectivity index (χ4v) is 1.04. The van der Waals surface area contributed by atoms with E-state index < -0.39 is 5.83 Å². The zero-order valence-electron chi connectivity index (χ0n) is 19.9. The summed E-state index contributed by atoms with van der Waals surface area (Å²) >= 11 is 0. The van der Waals surface area contributed by atoms with Gasteiger partial charge in [0, 0.05) is 12.7 Å². The summed E-state index contributed by atoms with van der Waals surface area (Å²) < 4.78 is 22.6. The van der Waals surface area contributed by atoms with Crippen LogP contribution in [0.5, 0.6) is 0 Å². The van der Waals surface area contributed by atoms with Gasteiger partial charge < -0.3 is 14.8 Å². The van der Waals surface area contributed by atoms with Gasteiger partial charge in [0.2, 0.25) is 0 Å². The van der Waals surface area contributed by atoms with Gasteiger partial charge in [0.1, 0.15) is 18.2 Å². The number of carbonyl (C=O) groups excluding carboxylic acids is 1. The molecular weight excluding hydrogens is 357 g/mol. The van der Waals surface area contributed by atoms with Gasteiger partial charge in [-0.05, 0) is 46.0 Å². The SMILES string of the molecule is C=C/C(OCCOC)=C(/C)C(=C)F.C=CC(C)=O.CC.CC.CCCCNC. The van der Waals surface area contributed by atoms with Crippen LogP contribution in [0.4, 0.5) is 4.39 Å². The van der Waals surface area contributed by atoms with Crippen molar-refractivity contribution in [2.75, 3.05) is 33.9 Å². The highest BCUT2D eigenvalue weighted by molar-refractivity contribution is 5.86. The second kappa shape index (κ2) is 36.2. The van der Waals surface area contributed by atoms with Gasteiger partial charge in [-0.25, -0.2) is 4.39 Å². The van der Waals surface area contributed by atoms with E-state index in [0.717, 1.165) is 6.54 Å². The Morgan fingerprint density at radius 1 is 1.07 bits per heavy atom. The molecule has 0 aliphatic carbocycles. The fourth-order valence-electron chi connectivity index (χ4n) is 1.04. The zero-order valence-corrected chi connectivity index (χ0v) is 19.9. The topological polar surface area (TPSA) is 47.6 Å². The van der Waals surface area contributed by atoms with Crippen LogP contribution in [0, 0.1) is 0 Å². The van der Waals surface area contributed by atoms with E-state index in [1.165, 1.54) is 31.9 Å². The molecule has 168 valence electrons. The predicted octanol–water partition coefficient (Wildman–Crippen LogP) is 6.41. The second-order valence-electron chi connectivity index (χ2n) is 4.71. The lowest BCUT2D eigenvalue weighted by Gasteiger charge is -2.08. The van der Waals surface area contributed by atoms with Crippen LogP contribution in [0.15, 0.2) is 49.0 Å². The van der Waals surface area contributed by atoms with E-state index >= 15 is 0 Å². The van der Waals surface area contributed by atoms with Crippen LogP contribution in [-0.4, -0.2) is 39.7 Å². The highest BCUT2D eigenvalue weighted by Gasteiger charge is 2.02. The maximum atomic E-state index is 12.6. The van der Waals surface area contributed by atoms with E-state index in [4.69, 9.17) is 9.47 Å². The molecule has 0 aliphatic heterocycles. The third-order valence-electron chi connectivity index (χ3n) is 2.57. The summed E-state index contributed by atoms with van der Waals surface area (Å²) in [6.45, 7) is 25.1. The number of allylic oxidation sites excluding steroid dienone is 4. The first-order valence-corrected chi connectivity index (χ1v) is 9.89. The molecule has 5 heteroatoms. The van der Waals surface area contributed by atoms with Gasteiger partial charge in [0.25, 0.3) is 0 Å². The second-order valence-corrected chi connectivity index (χ2v) is 4.71. The Balaban J connectivity index is -0.0000000980. The summed E-state index contributed by atoms with van der Waals surface area (Å²) in [4.78, 5) is 9.69. The zero-order chi connectivity index (χ0) is 23.4. The van der Waals surface area contributed by atoms with Crippen molar-refractivity contribution in [1.82, 2.24) is 5.32 Å². The number of nitrogens with one attached hydrogen (secondary N) is 1. The number of methoxy groups -OCH3 is 1. The highest BCUT2D eigenvalue weighted by atomic mass is 19.1. The Hall–Kier alpha value is -1.72. The molecule has 0 unspecified atom stereocenters. The third-order valence-corrected chi connectivity index (χ3v) is 2.57. The first-order valence-electron chi connectivity index (χ1n) is 9.89. The van der Waals surface area contributed by atoms with E-state index in [1.54, 1.807) is 14.0 Å². The van der Waals surface area contributed by atoms with Crippen molar-refractivity contribution in [2.24, 2.45) is 0 Å². The Labute approximate surface area is 174 Å². The molecule has 1 N–H and O–H groups in total. The normalized spacial score (nSPS) is 9.07. The van der Waals surface area contributed by atoms with Crippen LogP contribution in [0.25, 0.3) is 0 Å². The lowest BCUT2D eigenvalue weighted by Crippen LogP contribution is -2.06. The molecule has 0 amide bonds. The molecule has 0 atom stereocenters. The van der Waals surface area contributed by atoms with Crippen molar-refractivity contribution in [1.29, 1.82) is 0 Å². The minimum absolute atomic E-state index is 0.0185. The van der Waals surface area contributed by atoms with Crippen LogP contribution in [-0.2, 0) is 14.3 Å². The maximum absolute atomic E-state index is 12.6. The number of unbranched alkanes of at least 4 members (excludes halogenated alkanes) is 1. The van der Waals surface area contributed by atoms with Crippen LogP contribution in [0.1, 0.15) is 61.3 Å². The number of halogens is 1. The molecule has 0 rings (SSSR count). The molecule has 0 radical (unpaired) electrons. The summed E-state index contributed by atoms with van der Waals surface area (Å²) in [5.41, 5.74) is 0.367. The van der Waals surface area contributed by atoms with Gasteiger partial charge in [-0.2, -0.15) is 0 Å². The Kier molecular flexibility index (Phi) is 48.0. The number of ketones is 1. The molecule has 0 spiro atoms. The van der Waals surface area contributed by atoms with Crippen molar-refractivity contribution >= 4 is 5.78 Å². The van der Waals surface area contributed by atoms with E-state index in [9.17, 15) is 9.18 Å². The van der Waals surface area contributed by atoms with E-state index in [1.807, 2.05) is 34.7 Å². The average molecular weight is 404 g/mol. The summed E-state index contributed by atoms with van der Waals surface area (Å²) in [5, 5.41) is 3.07. The van der Waals surface area contributed by atoms with Gasteiger partial charge >= 0.3 is 0 Å². The van der Waals surface area contributed by atoms with Gasteiger partial charge in [0.05, 0.1) is 6.61 Å². The molecule has 0 aromatic rings. The van der Waals surface area contributed by atoms with Crippen LogP contribution in [0.2, 0.25) is 0 Å². The van der Waals surface area contributed by atoms with Crippen LogP contribution >= 0.6 is 0 Å². The van der Waals surface area contributed by atoms with Gasteiger partial charge in [-0.3, -0.25) is 4.79 Å². The quantitative estimate of drug-likeness (QED) is 0.198.